The van der Waals surface area contributed by atoms with Gasteiger partial charge < -0.3 is 5.11 Å². The molecular weight excluding hydrogens is 214 g/mol. The van der Waals surface area contributed by atoms with Gasteiger partial charge >= 0.3 is 0 Å². The van der Waals surface area contributed by atoms with Crippen molar-refractivity contribution in [3.05, 3.63) is 28.8 Å². The third-order valence-corrected chi connectivity index (χ3v) is 2.35. The van der Waals surface area contributed by atoms with Gasteiger partial charge in [0.05, 0.1) is 5.75 Å². The Morgan fingerprint density at radius 1 is 1.46 bits per heavy atom. The third-order valence-electron chi connectivity index (χ3n) is 1.40. The SMILES string of the molecule is NS(=O)(=O)Cc1ccc(Cl)cc1O. The molecule has 0 saturated carbocycles. The smallest absolute Gasteiger partial charge is 0.213 e. The predicted molar refractivity (Wildman–Crippen MR) is 49.9 cm³/mol. The van der Waals surface area contributed by atoms with Crippen LogP contribution in [0.25, 0.3) is 0 Å². The fourth-order valence-electron chi connectivity index (χ4n) is 0.876. The second kappa shape index (κ2) is 3.53. The Labute approximate surface area is 81.0 Å². The van der Waals surface area contributed by atoms with Crippen LogP contribution in [-0.2, 0) is 15.8 Å². The summed E-state index contributed by atoms with van der Waals surface area (Å²) in [5.74, 6) is -0.558. The lowest BCUT2D eigenvalue weighted by Crippen LogP contribution is -2.14. The number of benzene rings is 1. The van der Waals surface area contributed by atoms with Gasteiger partial charge in [-0.3, -0.25) is 0 Å². The van der Waals surface area contributed by atoms with Crippen molar-refractivity contribution < 1.29 is 13.5 Å². The summed E-state index contributed by atoms with van der Waals surface area (Å²) in [5, 5.41) is 14.4. The molecule has 3 N–H and O–H groups in total. The average molecular weight is 222 g/mol. The average Bonchev–Trinajstić information content (AvgIpc) is 1.93. The number of hydrogen-bond donors (Lipinski definition) is 2. The van der Waals surface area contributed by atoms with Gasteiger partial charge in [0, 0.05) is 10.6 Å². The number of sulfonamides is 1. The molecule has 0 aliphatic heterocycles. The molecular formula is C7H8ClNO3S. The minimum absolute atomic E-state index is 0.165. The van der Waals surface area contributed by atoms with E-state index in [0.717, 1.165) is 0 Å². The number of phenolic OH excluding ortho intramolecular Hbond substituents is 1. The van der Waals surface area contributed by atoms with E-state index in [1.54, 1.807) is 0 Å². The van der Waals surface area contributed by atoms with Crippen LogP contribution in [0.5, 0.6) is 5.75 Å². The van der Waals surface area contributed by atoms with E-state index in [4.69, 9.17) is 16.7 Å². The third kappa shape index (κ3) is 3.22. The molecule has 0 heterocycles. The molecule has 0 fully saturated rings. The number of primary sulfonamides is 1. The van der Waals surface area contributed by atoms with Crippen molar-refractivity contribution in [3.63, 3.8) is 0 Å². The highest BCUT2D eigenvalue weighted by Crippen LogP contribution is 2.22. The van der Waals surface area contributed by atoms with Crippen molar-refractivity contribution in [2.24, 2.45) is 5.14 Å². The van der Waals surface area contributed by atoms with Crippen LogP contribution >= 0.6 is 11.6 Å². The zero-order valence-electron chi connectivity index (χ0n) is 6.57. The summed E-state index contributed by atoms with van der Waals surface area (Å²) in [7, 11) is -3.62. The molecule has 4 nitrogen and oxygen atoms in total. The van der Waals surface area contributed by atoms with Crippen molar-refractivity contribution in [1.82, 2.24) is 0 Å². The molecule has 0 radical (unpaired) electrons. The van der Waals surface area contributed by atoms with Crippen LogP contribution in [0.2, 0.25) is 5.02 Å². The van der Waals surface area contributed by atoms with Crippen LogP contribution in [-0.4, -0.2) is 13.5 Å². The Morgan fingerprint density at radius 2 is 2.08 bits per heavy atom. The molecule has 0 aliphatic rings. The van der Waals surface area contributed by atoms with Crippen molar-refractivity contribution in [2.45, 2.75) is 5.75 Å². The summed E-state index contributed by atoms with van der Waals surface area (Å²) in [4.78, 5) is 0. The van der Waals surface area contributed by atoms with Crippen LogP contribution in [0, 0.1) is 0 Å². The summed E-state index contributed by atoms with van der Waals surface area (Å²) < 4.78 is 21.3. The van der Waals surface area contributed by atoms with Gasteiger partial charge in [-0.2, -0.15) is 0 Å². The first-order valence-electron chi connectivity index (χ1n) is 3.36. The van der Waals surface area contributed by atoms with Crippen LogP contribution in [0.1, 0.15) is 5.56 Å². The van der Waals surface area contributed by atoms with E-state index in [9.17, 15) is 13.5 Å². The number of aromatic hydroxyl groups is 1. The maximum Gasteiger partial charge on any atom is 0.213 e. The standard InChI is InChI=1S/C7H8ClNO3S/c8-6-2-1-5(7(10)3-6)4-13(9,11)12/h1-3,10H,4H2,(H2,9,11,12). The van der Waals surface area contributed by atoms with Gasteiger partial charge in [-0.1, -0.05) is 17.7 Å². The van der Waals surface area contributed by atoms with Crippen LogP contribution in [0.4, 0.5) is 0 Å². The van der Waals surface area contributed by atoms with Gasteiger partial charge in [0.15, 0.2) is 0 Å². The second-order valence-electron chi connectivity index (χ2n) is 2.58. The summed E-state index contributed by atoms with van der Waals surface area (Å²) in [6, 6.07) is 4.17. The molecule has 0 spiro atoms. The quantitative estimate of drug-likeness (QED) is 0.777. The van der Waals surface area contributed by atoms with E-state index < -0.39 is 15.8 Å². The number of hydrogen-bond acceptors (Lipinski definition) is 3. The van der Waals surface area contributed by atoms with E-state index in [1.165, 1.54) is 18.2 Å². The number of rotatable bonds is 2. The maximum atomic E-state index is 10.7. The highest BCUT2D eigenvalue weighted by atomic mass is 35.5. The highest BCUT2D eigenvalue weighted by molar-refractivity contribution is 7.88. The van der Waals surface area contributed by atoms with Crippen LogP contribution < -0.4 is 5.14 Å². The molecule has 0 bridgehead atoms. The van der Waals surface area contributed by atoms with Crippen molar-refractivity contribution in [1.29, 1.82) is 0 Å². The summed E-state index contributed by atoms with van der Waals surface area (Å²) >= 11 is 5.55. The van der Waals surface area contributed by atoms with Crippen molar-refractivity contribution >= 4 is 21.6 Å². The molecule has 6 heteroatoms. The summed E-state index contributed by atoms with van der Waals surface area (Å²) in [6.45, 7) is 0. The zero-order chi connectivity index (χ0) is 10.1. The molecule has 0 aromatic heterocycles. The van der Waals surface area contributed by atoms with Crippen LogP contribution in [0.15, 0.2) is 18.2 Å². The fourth-order valence-corrected chi connectivity index (χ4v) is 1.72. The van der Waals surface area contributed by atoms with Gasteiger partial charge in [-0.05, 0) is 12.1 Å². The van der Waals surface area contributed by atoms with Gasteiger partial charge in [-0.15, -0.1) is 0 Å². The lowest BCUT2D eigenvalue weighted by Gasteiger charge is -2.02. The number of halogens is 1. The molecule has 0 amide bonds. The minimum Gasteiger partial charge on any atom is -0.508 e. The second-order valence-corrected chi connectivity index (χ2v) is 4.63. The Morgan fingerprint density at radius 3 is 2.54 bits per heavy atom. The molecule has 0 aliphatic carbocycles. The van der Waals surface area contributed by atoms with Crippen molar-refractivity contribution in [3.8, 4) is 5.75 Å². The Kier molecular flexibility index (Phi) is 2.80. The Balaban J connectivity index is 3.04. The first kappa shape index (κ1) is 10.3. The van der Waals surface area contributed by atoms with Gasteiger partial charge in [0.1, 0.15) is 5.75 Å². The molecule has 1 aromatic rings. The maximum absolute atomic E-state index is 10.7. The van der Waals surface area contributed by atoms with Gasteiger partial charge in [0.2, 0.25) is 10.0 Å². The number of phenols is 1. The summed E-state index contributed by atoms with van der Waals surface area (Å²) in [5.41, 5.74) is 0.243. The highest BCUT2D eigenvalue weighted by Gasteiger charge is 2.09. The van der Waals surface area contributed by atoms with E-state index in [-0.39, 0.29) is 11.3 Å². The summed E-state index contributed by atoms with van der Waals surface area (Å²) in [6.07, 6.45) is 0. The van der Waals surface area contributed by atoms with Crippen molar-refractivity contribution in [2.75, 3.05) is 0 Å². The monoisotopic (exact) mass is 221 g/mol. The predicted octanol–water partition coefficient (Wildman–Crippen LogP) is 0.834. The zero-order valence-corrected chi connectivity index (χ0v) is 8.14. The van der Waals surface area contributed by atoms with Crippen LogP contribution in [0.3, 0.4) is 0 Å². The molecule has 0 unspecified atom stereocenters. The molecule has 0 atom stereocenters. The molecule has 13 heavy (non-hydrogen) atoms. The van der Waals surface area contributed by atoms with E-state index in [1.807, 2.05) is 0 Å². The fraction of sp³-hybridized carbons (Fsp3) is 0.143. The van der Waals surface area contributed by atoms with E-state index in [0.29, 0.717) is 5.02 Å². The van der Waals surface area contributed by atoms with E-state index >= 15 is 0 Å². The lowest BCUT2D eigenvalue weighted by molar-refractivity contribution is 0.470. The molecule has 1 rings (SSSR count). The molecule has 0 saturated heterocycles. The van der Waals surface area contributed by atoms with Gasteiger partial charge in [0.25, 0.3) is 0 Å². The molecule has 72 valence electrons. The minimum atomic E-state index is -3.62. The normalized spacial score (nSPS) is 11.5. The Bertz CT molecular complexity index is 416. The van der Waals surface area contributed by atoms with Gasteiger partial charge in [-0.25, -0.2) is 13.6 Å². The number of nitrogens with two attached hydrogens (primary N) is 1. The largest absolute Gasteiger partial charge is 0.508 e. The first-order chi connectivity index (χ1) is 5.88. The molecule has 1 aromatic carbocycles. The first-order valence-corrected chi connectivity index (χ1v) is 5.46. The lowest BCUT2D eigenvalue weighted by atomic mass is 10.2. The topological polar surface area (TPSA) is 80.4 Å². The Hall–Kier alpha value is -0.780. The van der Waals surface area contributed by atoms with E-state index in [2.05, 4.69) is 0 Å².